The fraction of sp³-hybridized carbons (Fsp3) is 0.400. The normalized spacial score (nSPS) is 14.9. The largest absolute Gasteiger partial charge is 0.310 e. The van der Waals surface area contributed by atoms with Gasteiger partial charge in [-0.2, -0.15) is 0 Å². The highest BCUT2D eigenvalue weighted by molar-refractivity contribution is 5.47. The van der Waals surface area contributed by atoms with Crippen molar-refractivity contribution in [3.05, 3.63) is 24.4 Å². The molecule has 0 amide bonds. The summed E-state index contributed by atoms with van der Waals surface area (Å²) in [5.74, 6) is 1.92. The Hall–Kier alpha value is -1.78. The molecule has 0 saturated heterocycles. The third-order valence-corrected chi connectivity index (χ3v) is 2.65. The fourth-order valence-corrected chi connectivity index (χ4v) is 1.91. The fourth-order valence-electron chi connectivity index (χ4n) is 1.91. The lowest BCUT2D eigenvalue weighted by Crippen LogP contribution is -2.11. The van der Waals surface area contributed by atoms with Crippen LogP contribution in [0.15, 0.2) is 18.6 Å². The summed E-state index contributed by atoms with van der Waals surface area (Å²) in [6.45, 7) is 0.994. The smallest absolute Gasteiger partial charge is 0.184 e. The van der Waals surface area contributed by atoms with Gasteiger partial charge in [0.1, 0.15) is 11.5 Å². The maximum Gasteiger partial charge on any atom is 0.184 e. The third-order valence-electron chi connectivity index (χ3n) is 2.65. The van der Waals surface area contributed by atoms with Gasteiger partial charge < -0.3 is 4.57 Å². The number of fused-ring (bicyclic) bond motifs is 1. The van der Waals surface area contributed by atoms with Crippen LogP contribution >= 0.6 is 0 Å². The molecule has 2 aromatic heterocycles. The molecule has 3 heterocycles. The molecule has 1 aliphatic rings. The van der Waals surface area contributed by atoms with Crippen LogP contribution in [-0.2, 0) is 13.0 Å². The van der Waals surface area contributed by atoms with E-state index in [0.29, 0.717) is 0 Å². The standard InChI is InChI=1S/C10H11N5/c1-2-6-15-9(3-1)13-14-10(15)8-7-11-4-5-12-8/h4-5,7H,1-3,6H2. The number of rotatable bonds is 1. The van der Waals surface area contributed by atoms with E-state index >= 15 is 0 Å². The number of aromatic nitrogens is 5. The van der Waals surface area contributed by atoms with Crippen molar-refractivity contribution in [3.63, 3.8) is 0 Å². The lowest BCUT2D eigenvalue weighted by Gasteiger charge is -2.13. The monoisotopic (exact) mass is 201 g/mol. The van der Waals surface area contributed by atoms with Crippen molar-refractivity contribution >= 4 is 0 Å². The Morgan fingerprint density at radius 3 is 3.00 bits per heavy atom. The maximum atomic E-state index is 4.24. The summed E-state index contributed by atoms with van der Waals surface area (Å²) in [6, 6.07) is 0. The quantitative estimate of drug-likeness (QED) is 0.692. The Balaban J connectivity index is 2.09. The summed E-state index contributed by atoms with van der Waals surface area (Å²) in [5.41, 5.74) is 0.804. The van der Waals surface area contributed by atoms with Gasteiger partial charge in [-0.15, -0.1) is 10.2 Å². The predicted octanol–water partition coefficient (Wildman–Crippen LogP) is 1.07. The van der Waals surface area contributed by atoms with Gasteiger partial charge in [0.05, 0.1) is 6.20 Å². The van der Waals surface area contributed by atoms with E-state index in [9.17, 15) is 0 Å². The first-order chi connectivity index (χ1) is 7.45. The first-order valence-corrected chi connectivity index (χ1v) is 5.13. The van der Waals surface area contributed by atoms with Gasteiger partial charge in [-0.3, -0.25) is 4.98 Å². The molecule has 0 aliphatic carbocycles. The summed E-state index contributed by atoms with van der Waals surface area (Å²) in [5, 5.41) is 8.36. The van der Waals surface area contributed by atoms with Gasteiger partial charge >= 0.3 is 0 Å². The Bertz CT molecular complexity index is 462. The van der Waals surface area contributed by atoms with Crippen molar-refractivity contribution in [2.75, 3.05) is 0 Å². The average Bonchev–Trinajstić information content (AvgIpc) is 2.74. The van der Waals surface area contributed by atoms with Crippen LogP contribution in [0.25, 0.3) is 11.5 Å². The number of nitrogens with zero attached hydrogens (tertiary/aromatic N) is 5. The molecule has 0 unspecified atom stereocenters. The first kappa shape index (κ1) is 8.52. The van der Waals surface area contributed by atoms with Crippen LogP contribution in [0.1, 0.15) is 18.7 Å². The van der Waals surface area contributed by atoms with Crippen LogP contribution in [0.3, 0.4) is 0 Å². The summed E-state index contributed by atoms with van der Waals surface area (Å²) in [6.07, 6.45) is 8.49. The molecule has 15 heavy (non-hydrogen) atoms. The van der Waals surface area contributed by atoms with E-state index in [1.165, 1.54) is 12.8 Å². The molecule has 0 atom stereocenters. The van der Waals surface area contributed by atoms with Gasteiger partial charge in [-0.25, -0.2) is 4.98 Å². The molecule has 0 spiro atoms. The minimum atomic E-state index is 0.804. The van der Waals surface area contributed by atoms with Crippen molar-refractivity contribution in [1.82, 2.24) is 24.7 Å². The zero-order valence-electron chi connectivity index (χ0n) is 8.30. The van der Waals surface area contributed by atoms with Crippen molar-refractivity contribution in [2.24, 2.45) is 0 Å². The molecule has 1 aliphatic heterocycles. The summed E-state index contributed by atoms with van der Waals surface area (Å²) in [4.78, 5) is 8.29. The van der Waals surface area contributed by atoms with E-state index in [1.54, 1.807) is 18.6 Å². The molecule has 2 aromatic rings. The van der Waals surface area contributed by atoms with E-state index in [0.717, 1.165) is 30.3 Å². The molecule has 76 valence electrons. The minimum Gasteiger partial charge on any atom is -0.310 e. The molecule has 3 rings (SSSR count). The Morgan fingerprint density at radius 1 is 1.13 bits per heavy atom. The predicted molar refractivity (Wildman–Crippen MR) is 54.0 cm³/mol. The van der Waals surface area contributed by atoms with Gasteiger partial charge in [0.25, 0.3) is 0 Å². The Kier molecular flexibility index (Phi) is 1.94. The van der Waals surface area contributed by atoms with Gasteiger partial charge in [0.15, 0.2) is 5.82 Å². The summed E-state index contributed by atoms with van der Waals surface area (Å²) >= 11 is 0. The van der Waals surface area contributed by atoms with Gasteiger partial charge in [-0.1, -0.05) is 0 Å². The molecular formula is C10H11N5. The van der Waals surface area contributed by atoms with E-state index < -0.39 is 0 Å². The van der Waals surface area contributed by atoms with Gasteiger partial charge in [-0.05, 0) is 12.8 Å². The maximum absolute atomic E-state index is 4.24. The van der Waals surface area contributed by atoms with Crippen LogP contribution in [0.2, 0.25) is 0 Å². The van der Waals surface area contributed by atoms with Crippen molar-refractivity contribution in [1.29, 1.82) is 0 Å². The lowest BCUT2D eigenvalue weighted by atomic mass is 10.1. The van der Waals surface area contributed by atoms with Crippen molar-refractivity contribution in [2.45, 2.75) is 25.8 Å². The van der Waals surface area contributed by atoms with Gasteiger partial charge in [0.2, 0.25) is 0 Å². The highest BCUT2D eigenvalue weighted by Crippen LogP contribution is 2.20. The van der Waals surface area contributed by atoms with Gasteiger partial charge in [0, 0.05) is 25.4 Å². The molecule has 0 bridgehead atoms. The molecule has 0 radical (unpaired) electrons. The van der Waals surface area contributed by atoms with E-state index in [1.807, 2.05) is 0 Å². The van der Waals surface area contributed by atoms with Crippen LogP contribution in [-0.4, -0.2) is 24.7 Å². The number of aryl methyl sites for hydroxylation is 1. The SMILES string of the molecule is c1cnc(-c2nnc3n2CCCC3)cn1. The van der Waals surface area contributed by atoms with Crippen molar-refractivity contribution < 1.29 is 0 Å². The topological polar surface area (TPSA) is 56.5 Å². The van der Waals surface area contributed by atoms with E-state index in [2.05, 4.69) is 24.7 Å². The molecule has 0 fully saturated rings. The number of hydrogen-bond acceptors (Lipinski definition) is 4. The molecule has 0 saturated carbocycles. The van der Waals surface area contributed by atoms with Crippen LogP contribution in [0.5, 0.6) is 0 Å². The van der Waals surface area contributed by atoms with Crippen LogP contribution in [0, 0.1) is 0 Å². The average molecular weight is 201 g/mol. The second kappa shape index (κ2) is 3.42. The second-order valence-electron chi connectivity index (χ2n) is 3.64. The highest BCUT2D eigenvalue weighted by Gasteiger charge is 2.17. The summed E-state index contributed by atoms with van der Waals surface area (Å²) in [7, 11) is 0. The molecule has 0 aromatic carbocycles. The highest BCUT2D eigenvalue weighted by atomic mass is 15.3. The first-order valence-electron chi connectivity index (χ1n) is 5.13. The third kappa shape index (κ3) is 1.40. The number of hydrogen-bond donors (Lipinski definition) is 0. The molecular weight excluding hydrogens is 190 g/mol. The minimum absolute atomic E-state index is 0.804. The molecule has 5 heteroatoms. The van der Waals surface area contributed by atoms with Crippen LogP contribution < -0.4 is 0 Å². The molecule has 5 nitrogen and oxygen atoms in total. The Morgan fingerprint density at radius 2 is 2.13 bits per heavy atom. The lowest BCUT2D eigenvalue weighted by molar-refractivity contribution is 0.525. The van der Waals surface area contributed by atoms with Crippen molar-refractivity contribution in [3.8, 4) is 11.5 Å². The zero-order valence-corrected chi connectivity index (χ0v) is 8.30. The van der Waals surface area contributed by atoms with E-state index in [-0.39, 0.29) is 0 Å². The Labute approximate surface area is 87.2 Å². The van der Waals surface area contributed by atoms with Crippen LogP contribution in [0.4, 0.5) is 0 Å². The molecule has 0 N–H and O–H groups in total. The van der Waals surface area contributed by atoms with E-state index in [4.69, 9.17) is 0 Å². The zero-order chi connectivity index (χ0) is 10.1. The second-order valence-corrected chi connectivity index (χ2v) is 3.64. The summed E-state index contributed by atoms with van der Waals surface area (Å²) < 4.78 is 2.15.